The van der Waals surface area contributed by atoms with E-state index in [0.717, 1.165) is 34.7 Å². The number of para-hydroxylation sites is 1. The summed E-state index contributed by atoms with van der Waals surface area (Å²) in [5.74, 6) is 0.0794. The highest BCUT2D eigenvalue weighted by Crippen LogP contribution is 2.31. The first-order valence-electron chi connectivity index (χ1n) is 6.71. The van der Waals surface area contributed by atoms with E-state index in [1.54, 1.807) is 5.51 Å². The van der Waals surface area contributed by atoms with E-state index in [1.165, 1.54) is 11.3 Å². The molecular formula is C15H17N3OS. The lowest BCUT2D eigenvalue weighted by atomic mass is 10.1. The molecule has 4 nitrogen and oxygen atoms in total. The van der Waals surface area contributed by atoms with E-state index in [-0.39, 0.29) is 5.91 Å². The zero-order valence-electron chi connectivity index (χ0n) is 11.4. The topological polar surface area (TPSA) is 59.2 Å². The molecule has 1 aliphatic carbocycles. The van der Waals surface area contributed by atoms with Crippen LogP contribution in [-0.4, -0.2) is 21.8 Å². The van der Waals surface area contributed by atoms with Gasteiger partial charge in [0.1, 0.15) is 4.88 Å². The summed E-state index contributed by atoms with van der Waals surface area (Å²) in [4.78, 5) is 19.5. The van der Waals surface area contributed by atoms with E-state index >= 15 is 0 Å². The quantitative estimate of drug-likeness (QED) is 0.880. The Balaban J connectivity index is 1.85. The molecule has 2 aromatic rings. The fourth-order valence-corrected chi connectivity index (χ4v) is 3.01. The maximum atomic E-state index is 12.7. The Hall–Kier alpha value is -1.88. The second-order valence-corrected chi connectivity index (χ2v) is 5.98. The molecule has 1 fully saturated rings. The lowest BCUT2D eigenvalue weighted by Gasteiger charge is -2.23. The normalized spacial score (nSPS) is 14.2. The van der Waals surface area contributed by atoms with Crippen molar-refractivity contribution < 1.29 is 4.79 Å². The Kier molecular flexibility index (Phi) is 3.44. The highest BCUT2D eigenvalue weighted by molar-refractivity contribution is 7.11. The van der Waals surface area contributed by atoms with Gasteiger partial charge in [0.05, 0.1) is 11.2 Å². The van der Waals surface area contributed by atoms with E-state index < -0.39 is 0 Å². The first-order chi connectivity index (χ1) is 9.66. The van der Waals surface area contributed by atoms with Crippen molar-refractivity contribution in [2.24, 2.45) is 0 Å². The van der Waals surface area contributed by atoms with Crippen molar-refractivity contribution in [3.63, 3.8) is 0 Å². The van der Waals surface area contributed by atoms with Gasteiger partial charge in [-0.1, -0.05) is 18.2 Å². The molecule has 20 heavy (non-hydrogen) atoms. The van der Waals surface area contributed by atoms with Gasteiger partial charge in [-0.25, -0.2) is 4.98 Å². The molecule has 1 amide bonds. The Morgan fingerprint density at radius 1 is 1.45 bits per heavy atom. The van der Waals surface area contributed by atoms with E-state index in [4.69, 9.17) is 5.73 Å². The third-order valence-electron chi connectivity index (χ3n) is 3.58. The molecule has 0 bridgehead atoms. The van der Waals surface area contributed by atoms with Crippen LogP contribution in [-0.2, 0) is 6.54 Å². The summed E-state index contributed by atoms with van der Waals surface area (Å²) in [6.07, 6.45) is 2.16. The number of aryl methyl sites for hydroxylation is 1. The van der Waals surface area contributed by atoms with Gasteiger partial charge in [-0.3, -0.25) is 4.79 Å². The fourth-order valence-electron chi connectivity index (χ4n) is 2.25. The molecule has 0 spiro atoms. The van der Waals surface area contributed by atoms with Crippen LogP contribution in [0.2, 0.25) is 0 Å². The molecule has 0 unspecified atom stereocenters. The number of benzene rings is 1. The second-order valence-electron chi connectivity index (χ2n) is 5.13. The number of carbonyl (C=O) groups excluding carboxylic acids is 1. The molecule has 0 radical (unpaired) electrons. The van der Waals surface area contributed by atoms with E-state index in [9.17, 15) is 4.79 Å². The zero-order valence-corrected chi connectivity index (χ0v) is 12.2. The lowest BCUT2D eigenvalue weighted by molar-refractivity contribution is 0.0734. The van der Waals surface area contributed by atoms with Gasteiger partial charge in [0.25, 0.3) is 5.91 Å². The third kappa shape index (κ3) is 2.54. The van der Waals surface area contributed by atoms with Gasteiger partial charge in [0.2, 0.25) is 0 Å². The lowest BCUT2D eigenvalue weighted by Crippen LogP contribution is -2.32. The minimum absolute atomic E-state index is 0.0794. The average Bonchev–Trinajstić information content (AvgIpc) is 3.19. The van der Waals surface area contributed by atoms with Crippen LogP contribution in [0.1, 0.15) is 33.8 Å². The molecule has 3 rings (SSSR count). The number of hydrogen-bond acceptors (Lipinski definition) is 4. The number of hydrogen-bond donors (Lipinski definition) is 1. The predicted molar refractivity (Wildman–Crippen MR) is 80.6 cm³/mol. The number of rotatable bonds is 4. The van der Waals surface area contributed by atoms with Crippen molar-refractivity contribution in [3.8, 4) is 0 Å². The van der Waals surface area contributed by atoms with Gasteiger partial charge in [-0.2, -0.15) is 0 Å². The summed E-state index contributed by atoms with van der Waals surface area (Å²) in [6.45, 7) is 2.46. The third-order valence-corrected chi connectivity index (χ3v) is 4.50. The van der Waals surface area contributed by atoms with E-state index in [0.29, 0.717) is 12.6 Å². The molecule has 0 saturated heterocycles. The van der Waals surface area contributed by atoms with Gasteiger partial charge in [-0.15, -0.1) is 11.3 Å². The number of anilines is 1. The summed E-state index contributed by atoms with van der Waals surface area (Å²) in [5.41, 5.74) is 10.3. The van der Waals surface area contributed by atoms with Crippen LogP contribution in [0.15, 0.2) is 29.8 Å². The Bertz CT molecular complexity index is 634. The summed E-state index contributed by atoms with van der Waals surface area (Å²) >= 11 is 1.41. The summed E-state index contributed by atoms with van der Waals surface area (Å²) in [5, 5.41) is 0. The van der Waals surface area contributed by atoms with Crippen LogP contribution in [0.5, 0.6) is 0 Å². The highest BCUT2D eigenvalue weighted by atomic mass is 32.1. The number of nitrogens with two attached hydrogens (primary N) is 1. The average molecular weight is 287 g/mol. The van der Waals surface area contributed by atoms with Crippen molar-refractivity contribution in [2.45, 2.75) is 32.4 Å². The van der Waals surface area contributed by atoms with E-state index in [1.807, 2.05) is 36.1 Å². The molecule has 1 saturated carbocycles. The van der Waals surface area contributed by atoms with Crippen LogP contribution < -0.4 is 5.73 Å². The fraction of sp³-hybridized carbons (Fsp3) is 0.333. The number of nitrogens with zero attached hydrogens (tertiary/aromatic N) is 2. The number of thiazole rings is 1. The molecule has 1 aromatic heterocycles. The Morgan fingerprint density at radius 3 is 2.80 bits per heavy atom. The maximum absolute atomic E-state index is 12.7. The van der Waals surface area contributed by atoms with Gasteiger partial charge in [-0.05, 0) is 31.4 Å². The van der Waals surface area contributed by atoms with Crippen LogP contribution in [0.3, 0.4) is 0 Å². The van der Waals surface area contributed by atoms with Crippen LogP contribution in [0.25, 0.3) is 0 Å². The number of aromatic nitrogens is 1. The minimum atomic E-state index is 0.0794. The van der Waals surface area contributed by atoms with Gasteiger partial charge < -0.3 is 10.6 Å². The highest BCUT2D eigenvalue weighted by Gasteiger charge is 2.34. The second kappa shape index (κ2) is 5.25. The molecule has 1 aromatic carbocycles. The first-order valence-corrected chi connectivity index (χ1v) is 7.59. The molecule has 1 aliphatic rings. The Morgan fingerprint density at radius 2 is 2.20 bits per heavy atom. The molecular weight excluding hydrogens is 270 g/mol. The number of amides is 1. The standard InChI is InChI=1S/C15H17N3OS/c1-10-14(20-9-17-10)15(19)18(12-6-7-12)8-11-4-2-3-5-13(11)16/h2-5,9,12H,6-8,16H2,1H3. The zero-order chi connectivity index (χ0) is 14.1. The van der Waals surface area contributed by atoms with Crippen LogP contribution in [0.4, 0.5) is 5.69 Å². The number of carbonyl (C=O) groups is 1. The summed E-state index contributed by atoms with van der Waals surface area (Å²) < 4.78 is 0. The van der Waals surface area contributed by atoms with Gasteiger partial charge in [0, 0.05) is 18.3 Å². The molecule has 0 atom stereocenters. The Labute approximate surface area is 122 Å². The predicted octanol–water partition coefficient (Wildman–Crippen LogP) is 2.84. The van der Waals surface area contributed by atoms with Crippen LogP contribution >= 0.6 is 11.3 Å². The minimum Gasteiger partial charge on any atom is -0.398 e. The van der Waals surface area contributed by atoms with Gasteiger partial charge >= 0.3 is 0 Å². The largest absolute Gasteiger partial charge is 0.398 e. The number of nitrogen functional groups attached to an aromatic ring is 1. The summed E-state index contributed by atoms with van der Waals surface area (Å²) in [7, 11) is 0. The van der Waals surface area contributed by atoms with Crippen molar-refractivity contribution in [2.75, 3.05) is 5.73 Å². The molecule has 2 N–H and O–H groups in total. The maximum Gasteiger partial charge on any atom is 0.266 e. The monoisotopic (exact) mass is 287 g/mol. The smallest absolute Gasteiger partial charge is 0.266 e. The first kappa shape index (κ1) is 13.1. The van der Waals surface area contributed by atoms with Crippen molar-refractivity contribution in [3.05, 3.63) is 45.9 Å². The molecule has 5 heteroatoms. The van der Waals surface area contributed by atoms with Gasteiger partial charge in [0.15, 0.2) is 0 Å². The van der Waals surface area contributed by atoms with Crippen molar-refractivity contribution in [1.29, 1.82) is 0 Å². The van der Waals surface area contributed by atoms with Crippen LogP contribution in [0, 0.1) is 6.92 Å². The SMILES string of the molecule is Cc1ncsc1C(=O)N(Cc1ccccc1N)C1CC1. The van der Waals surface area contributed by atoms with Crippen molar-refractivity contribution >= 4 is 22.9 Å². The molecule has 104 valence electrons. The molecule has 1 heterocycles. The van der Waals surface area contributed by atoms with E-state index in [2.05, 4.69) is 4.98 Å². The molecule has 0 aliphatic heterocycles. The summed E-state index contributed by atoms with van der Waals surface area (Å²) in [6, 6.07) is 8.08. The van der Waals surface area contributed by atoms with Crippen molar-refractivity contribution in [1.82, 2.24) is 9.88 Å².